The highest BCUT2D eigenvalue weighted by Gasteiger charge is 2.30. The van der Waals surface area contributed by atoms with Crippen molar-refractivity contribution in [3.8, 4) is 0 Å². The van der Waals surface area contributed by atoms with Crippen molar-refractivity contribution < 1.29 is 18.3 Å². The van der Waals surface area contributed by atoms with Gasteiger partial charge in [-0.2, -0.15) is 24.9 Å². The van der Waals surface area contributed by atoms with E-state index in [1.54, 1.807) is 17.8 Å². The van der Waals surface area contributed by atoms with Gasteiger partial charge in [-0.05, 0) is 30.2 Å². The quantitative estimate of drug-likeness (QED) is 0.800. The van der Waals surface area contributed by atoms with E-state index in [0.717, 1.165) is 24.3 Å². The molecule has 0 aromatic heterocycles. The summed E-state index contributed by atoms with van der Waals surface area (Å²) in [6.45, 7) is 2.05. The maximum atomic E-state index is 12.5. The molecular formula is C13H17F3OS. The van der Waals surface area contributed by atoms with Gasteiger partial charge in [0.2, 0.25) is 0 Å². The largest absolute Gasteiger partial charge is 0.416 e. The molecule has 1 rings (SSSR count). The molecular weight excluding hydrogens is 261 g/mol. The molecule has 0 aliphatic rings. The zero-order valence-electron chi connectivity index (χ0n) is 10.2. The lowest BCUT2D eigenvalue weighted by atomic mass is 10.1. The summed E-state index contributed by atoms with van der Waals surface area (Å²) in [5.74, 6) is 1.52. The molecule has 0 saturated carbocycles. The van der Waals surface area contributed by atoms with Gasteiger partial charge in [0.25, 0.3) is 0 Å². The molecule has 0 aliphatic heterocycles. The first-order chi connectivity index (χ1) is 8.43. The van der Waals surface area contributed by atoms with Crippen molar-refractivity contribution in [3.63, 3.8) is 0 Å². The number of thioether (sulfide) groups is 1. The van der Waals surface area contributed by atoms with Crippen LogP contribution in [-0.2, 0) is 12.6 Å². The fourth-order valence-corrected chi connectivity index (χ4v) is 2.41. The number of hydrogen-bond donors (Lipinski definition) is 1. The molecule has 0 heterocycles. The first-order valence-electron chi connectivity index (χ1n) is 5.85. The molecule has 1 aromatic carbocycles. The minimum absolute atomic E-state index is 0.265. The van der Waals surface area contributed by atoms with Gasteiger partial charge >= 0.3 is 6.18 Å². The predicted octanol–water partition coefficient (Wildman–Crippen LogP) is 3.75. The molecule has 1 unspecified atom stereocenters. The first-order valence-corrected chi connectivity index (χ1v) is 7.01. The number of rotatable bonds is 6. The molecule has 1 atom stereocenters. The zero-order valence-corrected chi connectivity index (χ0v) is 11.0. The summed E-state index contributed by atoms with van der Waals surface area (Å²) in [4.78, 5) is 0. The standard InChI is InChI=1S/C13H17F3OS/c1-2-6-18-9-12(17)8-10-4-3-5-11(7-10)13(14,15)16/h3-5,7,12,17H,2,6,8-9H2,1H3. The molecule has 1 aromatic rings. The Morgan fingerprint density at radius 1 is 1.33 bits per heavy atom. The van der Waals surface area contributed by atoms with E-state index in [1.807, 2.05) is 6.92 Å². The first kappa shape index (κ1) is 15.4. The molecule has 18 heavy (non-hydrogen) atoms. The highest BCUT2D eigenvalue weighted by atomic mass is 32.2. The molecule has 0 fully saturated rings. The molecule has 0 amide bonds. The van der Waals surface area contributed by atoms with Crippen LogP contribution in [0.15, 0.2) is 24.3 Å². The molecule has 1 nitrogen and oxygen atoms in total. The van der Waals surface area contributed by atoms with Crippen LogP contribution in [-0.4, -0.2) is 22.7 Å². The van der Waals surface area contributed by atoms with Gasteiger partial charge in [0, 0.05) is 5.75 Å². The number of halogens is 3. The van der Waals surface area contributed by atoms with Crippen molar-refractivity contribution >= 4 is 11.8 Å². The fourth-order valence-electron chi connectivity index (χ4n) is 1.57. The van der Waals surface area contributed by atoms with Crippen LogP contribution >= 0.6 is 11.8 Å². The number of benzene rings is 1. The van der Waals surface area contributed by atoms with Crippen molar-refractivity contribution in [1.29, 1.82) is 0 Å². The van der Waals surface area contributed by atoms with E-state index >= 15 is 0 Å². The highest BCUT2D eigenvalue weighted by molar-refractivity contribution is 7.99. The summed E-state index contributed by atoms with van der Waals surface area (Å²) in [6, 6.07) is 5.14. The van der Waals surface area contributed by atoms with Gasteiger partial charge in [0.1, 0.15) is 0 Å². The second kappa shape index (κ2) is 7.04. The third-order valence-corrected chi connectivity index (χ3v) is 3.70. The van der Waals surface area contributed by atoms with Crippen LogP contribution in [0.25, 0.3) is 0 Å². The van der Waals surface area contributed by atoms with Gasteiger partial charge in [-0.3, -0.25) is 0 Å². The van der Waals surface area contributed by atoms with Crippen molar-refractivity contribution in [2.75, 3.05) is 11.5 Å². The van der Waals surface area contributed by atoms with E-state index in [1.165, 1.54) is 6.07 Å². The lowest BCUT2D eigenvalue weighted by Gasteiger charge is -2.12. The Hall–Kier alpha value is -0.680. The van der Waals surface area contributed by atoms with Crippen molar-refractivity contribution in [1.82, 2.24) is 0 Å². The summed E-state index contributed by atoms with van der Waals surface area (Å²) >= 11 is 1.62. The van der Waals surface area contributed by atoms with Gasteiger partial charge in [-0.1, -0.05) is 25.1 Å². The van der Waals surface area contributed by atoms with Crippen LogP contribution in [0.3, 0.4) is 0 Å². The third-order valence-electron chi connectivity index (χ3n) is 2.38. The Morgan fingerprint density at radius 2 is 2.06 bits per heavy atom. The van der Waals surface area contributed by atoms with E-state index in [-0.39, 0.29) is 6.42 Å². The van der Waals surface area contributed by atoms with Gasteiger partial charge in [-0.15, -0.1) is 0 Å². The van der Waals surface area contributed by atoms with Gasteiger partial charge < -0.3 is 5.11 Å². The van der Waals surface area contributed by atoms with Crippen LogP contribution < -0.4 is 0 Å². The van der Waals surface area contributed by atoms with Crippen LogP contribution in [0, 0.1) is 0 Å². The second-order valence-electron chi connectivity index (χ2n) is 4.13. The predicted molar refractivity (Wildman–Crippen MR) is 68.8 cm³/mol. The average Bonchev–Trinajstić information content (AvgIpc) is 2.28. The Labute approximate surface area is 109 Å². The fraction of sp³-hybridized carbons (Fsp3) is 0.538. The summed E-state index contributed by atoms with van der Waals surface area (Å²) in [6.07, 6.45) is -3.62. The molecule has 0 saturated heterocycles. The van der Waals surface area contributed by atoms with Crippen LogP contribution in [0.4, 0.5) is 13.2 Å². The van der Waals surface area contributed by atoms with Crippen LogP contribution in [0.5, 0.6) is 0 Å². The maximum Gasteiger partial charge on any atom is 0.416 e. The lowest BCUT2D eigenvalue weighted by Crippen LogP contribution is -2.14. The SMILES string of the molecule is CCCSCC(O)Cc1cccc(C(F)(F)F)c1. The van der Waals surface area contributed by atoms with E-state index in [9.17, 15) is 18.3 Å². The van der Waals surface area contributed by atoms with E-state index in [2.05, 4.69) is 0 Å². The maximum absolute atomic E-state index is 12.5. The molecule has 0 spiro atoms. The van der Waals surface area contributed by atoms with Crippen LogP contribution in [0.1, 0.15) is 24.5 Å². The van der Waals surface area contributed by atoms with Gasteiger partial charge in [-0.25, -0.2) is 0 Å². The summed E-state index contributed by atoms with van der Waals surface area (Å²) in [5, 5.41) is 9.72. The Kier molecular flexibility index (Phi) is 6.02. The smallest absolute Gasteiger partial charge is 0.392 e. The Bertz CT molecular complexity index is 365. The number of alkyl halides is 3. The molecule has 0 bridgehead atoms. The Morgan fingerprint density at radius 3 is 2.67 bits per heavy atom. The topological polar surface area (TPSA) is 20.2 Å². The van der Waals surface area contributed by atoms with E-state index < -0.39 is 17.8 Å². The second-order valence-corrected chi connectivity index (χ2v) is 5.28. The third kappa shape index (κ3) is 5.31. The summed E-state index contributed by atoms with van der Waals surface area (Å²) in [5.41, 5.74) is -0.136. The minimum atomic E-state index is -4.32. The molecule has 0 aliphatic carbocycles. The van der Waals surface area contributed by atoms with Crippen LogP contribution in [0.2, 0.25) is 0 Å². The number of aliphatic hydroxyl groups excluding tert-OH is 1. The zero-order chi connectivity index (χ0) is 13.6. The average molecular weight is 278 g/mol. The number of aliphatic hydroxyl groups is 1. The van der Waals surface area contributed by atoms with Gasteiger partial charge in [0.05, 0.1) is 11.7 Å². The molecule has 102 valence electrons. The highest BCUT2D eigenvalue weighted by Crippen LogP contribution is 2.29. The molecule has 0 radical (unpaired) electrons. The molecule has 5 heteroatoms. The van der Waals surface area contributed by atoms with Crippen molar-refractivity contribution in [3.05, 3.63) is 35.4 Å². The summed E-state index contributed by atoms with van der Waals surface area (Å²) in [7, 11) is 0. The monoisotopic (exact) mass is 278 g/mol. The van der Waals surface area contributed by atoms with Gasteiger partial charge in [0.15, 0.2) is 0 Å². The van der Waals surface area contributed by atoms with E-state index in [4.69, 9.17) is 0 Å². The number of hydrogen-bond acceptors (Lipinski definition) is 2. The Balaban J connectivity index is 2.57. The minimum Gasteiger partial charge on any atom is -0.392 e. The normalized spacial score (nSPS) is 13.6. The summed E-state index contributed by atoms with van der Waals surface area (Å²) < 4.78 is 37.5. The van der Waals surface area contributed by atoms with E-state index in [0.29, 0.717) is 11.3 Å². The van der Waals surface area contributed by atoms with Crippen molar-refractivity contribution in [2.45, 2.75) is 32.0 Å². The van der Waals surface area contributed by atoms with Crippen molar-refractivity contribution in [2.24, 2.45) is 0 Å². The molecule has 1 N–H and O–H groups in total. The lowest BCUT2D eigenvalue weighted by molar-refractivity contribution is -0.137.